The number of hydrogen-bond donors (Lipinski definition) is 1. The Morgan fingerprint density at radius 1 is 1.38 bits per heavy atom. The third-order valence-corrected chi connectivity index (χ3v) is 7.71. The number of sulfonamides is 1. The third-order valence-electron chi connectivity index (χ3n) is 4.23. The minimum absolute atomic E-state index is 0.164. The van der Waals surface area contributed by atoms with Crippen molar-refractivity contribution in [3.05, 3.63) is 17.0 Å². The van der Waals surface area contributed by atoms with Gasteiger partial charge < -0.3 is 5.32 Å². The SMILES string of the molecule is CNCCc1ccc(S(=O)(=O)N2CCC(C(C)(C)C)C2)s1. The van der Waals surface area contributed by atoms with Gasteiger partial charge in [-0.25, -0.2) is 8.42 Å². The van der Waals surface area contributed by atoms with Crippen molar-refractivity contribution in [2.75, 3.05) is 26.7 Å². The fourth-order valence-electron chi connectivity index (χ4n) is 2.66. The molecule has 0 aromatic carbocycles. The zero-order valence-corrected chi connectivity index (χ0v) is 15.0. The van der Waals surface area contributed by atoms with Crippen molar-refractivity contribution in [2.45, 2.75) is 37.8 Å². The molecule has 0 aliphatic carbocycles. The molecule has 0 spiro atoms. The summed E-state index contributed by atoms with van der Waals surface area (Å²) < 4.78 is 27.6. The molecule has 1 saturated heterocycles. The first-order chi connectivity index (χ1) is 9.75. The van der Waals surface area contributed by atoms with E-state index < -0.39 is 10.0 Å². The smallest absolute Gasteiger partial charge is 0.252 e. The number of rotatable bonds is 5. The summed E-state index contributed by atoms with van der Waals surface area (Å²) in [4.78, 5) is 1.12. The van der Waals surface area contributed by atoms with Crippen LogP contribution in [-0.4, -0.2) is 39.4 Å². The van der Waals surface area contributed by atoms with Crippen LogP contribution in [0.3, 0.4) is 0 Å². The molecular formula is C15H26N2O2S2. The molecule has 21 heavy (non-hydrogen) atoms. The molecule has 2 rings (SSSR count). The lowest BCUT2D eigenvalue weighted by Crippen LogP contribution is -2.30. The highest BCUT2D eigenvalue weighted by Crippen LogP contribution is 2.36. The fraction of sp³-hybridized carbons (Fsp3) is 0.733. The van der Waals surface area contributed by atoms with Crippen LogP contribution in [0.25, 0.3) is 0 Å². The van der Waals surface area contributed by atoms with Gasteiger partial charge in [-0.3, -0.25) is 0 Å². The van der Waals surface area contributed by atoms with Gasteiger partial charge >= 0.3 is 0 Å². The molecule has 1 atom stereocenters. The zero-order valence-electron chi connectivity index (χ0n) is 13.3. The first-order valence-corrected chi connectivity index (χ1v) is 9.74. The van der Waals surface area contributed by atoms with Gasteiger partial charge in [-0.05, 0) is 49.9 Å². The van der Waals surface area contributed by atoms with Crippen molar-refractivity contribution in [2.24, 2.45) is 11.3 Å². The van der Waals surface area contributed by atoms with E-state index >= 15 is 0 Å². The second-order valence-electron chi connectivity index (χ2n) is 6.79. The topological polar surface area (TPSA) is 49.4 Å². The van der Waals surface area contributed by atoms with Crippen molar-refractivity contribution in [3.8, 4) is 0 Å². The summed E-state index contributed by atoms with van der Waals surface area (Å²) in [6.45, 7) is 8.73. The molecule has 1 aliphatic heterocycles. The van der Waals surface area contributed by atoms with Crippen molar-refractivity contribution in [1.82, 2.24) is 9.62 Å². The standard InChI is InChI=1S/C15H26N2O2S2/c1-15(2,3)12-8-10-17(11-12)21(18,19)14-6-5-13(20-14)7-9-16-4/h5-6,12,16H,7-11H2,1-4H3. The molecular weight excluding hydrogens is 304 g/mol. The van der Waals surface area contributed by atoms with E-state index in [1.807, 2.05) is 13.1 Å². The van der Waals surface area contributed by atoms with Crippen LogP contribution in [0.1, 0.15) is 32.1 Å². The average molecular weight is 331 g/mol. The summed E-state index contributed by atoms with van der Waals surface area (Å²) in [5.74, 6) is 0.441. The van der Waals surface area contributed by atoms with E-state index in [-0.39, 0.29) is 5.41 Å². The molecule has 1 aromatic rings. The molecule has 4 nitrogen and oxygen atoms in total. The van der Waals surface area contributed by atoms with Gasteiger partial charge in [0.15, 0.2) is 0 Å². The number of hydrogen-bond acceptors (Lipinski definition) is 4. The summed E-state index contributed by atoms with van der Waals surface area (Å²) in [5.41, 5.74) is 0.164. The van der Waals surface area contributed by atoms with Crippen LogP contribution in [0.15, 0.2) is 16.3 Å². The maximum atomic E-state index is 12.7. The van der Waals surface area contributed by atoms with Gasteiger partial charge in [0.1, 0.15) is 4.21 Å². The Kier molecular flexibility index (Phi) is 5.13. The minimum atomic E-state index is -3.30. The highest BCUT2D eigenvalue weighted by molar-refractivity contribution is 7.91. The molecule has 0 bridgehead atoms. The van der Waals surface area contributed by atoms with Crippen LogP contribution in [0.4, 0.5) is 0 Å². The molecule has 1 fully saturated rings. The monoisotopic (exact) mass is 330 g/mol. The van der Waals surface area contributed by atoms with Crippen LogP contribution in [0.5, 0.6) is 0 Å². The summed E-state index contributed by atoms with van der Waals surface area (Å²) in [7, 11) is -1.40. The molecule has 120 valence electrons. The van der Waals surface area contributed by atoms with Crippen LogP contribution in [0, 0.1) is 11.3 Å². The van der Waals surface area contributed by atoms with E-state index in [9.17, 15) is 8.42 Å². The molecule has 2 heterocycles. The van der Waals surface area contributed by atoms with Gasteiger partial charge in [0.05, 0.1) is 0 Å². The molecule has 1 N–H and O–H groups in total. The molecule has 1 aromatic heterocycles. The number of nitrogens with zero attached hydrogens (tertiary/aromatic N) is 1. The average Bonchev–Trinajstić information content (AvgIpc) is 3.05. The summed E-state index contributed by atoms with van der Waals surface area (Å²) >= 11 is 1.41. The number of thiophene rings is 1. The Labute approximate surface area is 132 Å². The van der Waals surface area contributed by atoms with E-state index in [1.165, 1.54) is 11.3 Å². The third kappa shape index (κ3) is 3.86. The second kappa shape index (κ2) is 6.36. The first kappa shape index (κ1) is 16.9. The Hall–Kier alpha value is -0.430. The zero-order chi connectivity index (χ0) is 15.7. The fourth-order valence-corrected chi connectivity index (χ4v) is 5.67. The molecule has 1 unspecified atom stereocenters. The molecule has 0 saturated carbocycles. The normalized spacial score (nSPS) is 21.0. The van der Waals surface area contributed by atoms with E-state index in [1.54, 1.807) is 10.4 Å². The van der Waals surface area contributed by atoms with Crippen LogP contribution < -0.4 is 5.32 Å². The predicted octanol–water partition coefficient (Wildman–Crippen LogP) is 2.57. The van der Waals surface area contributed by atoms with Crippen molar-refractivity contribution >= 4 is 21.4 Å². The molecule has 6 heteroatoms. The van der Waals surface area contributed by atoms with E-state index in [0.29, 0.717) is 23.2 Å². The number of likely N-dealkylation sites (N-methyl/N-ethyl adjacent to an activating group) is 1. The van der Waals surface area contributed by atoms with E-state index in [2.05, 4.69) is 26.1 Å². The van der Waals surface area contributed by atoms with Gasteiger partial charge in [-0.1, -0.05) is 20.8 Å². The lowest BCUT2D eigenvalue weighted by Gasteiger charge is -2.26. The summed E-state index contributed by atoms with van der Waals surface area (Å²) in [6, 6.07) is 3.70. The molecule has 0 amide bonds. The van der Waals surface area contributed by atoms with Gasteiger partial charge in [-0.2, -0.15) is 4.31 Å². The second-order valence-corrected chi connectivity index (χ2v) is 10.1. The number of nitrogens with one attached hydrogen (secondary N) is 1. The Bertz CT molecular complexity index is 573. The van der Waals surface area contributed by atoms with Gasteiger partial charge in [0.2, 0.25) is 0 Å². The Balaban J connectivity index is 2.10. The highest BCUT2D eigenvalue weighted by Gasteiger charge is 2.38. The van der Waals surface area contributed by atoms with Crippen molar-refractivity contribution in [1.29, 1.82) is 0 Å². The van der Waals surface area contributed by atoms with Crippen LogP contribution in [-0.2, 0) is 16.4 Å². The van der Waals surface area contributed by atoms with Crippen LogP contribution >= 0.6 is 11.3 Å². The van der Waals surface area contributed by atoms with E-state index in [4.69, 9.17) is 0 Å². The maximum absolute atomic E-state index is 12.7. The lowest BCUT2D eigenvalue weighted by molar-refractivity contribution is 0.252. The van der Waals surface area contributed by atoms with Crippen molar-refractivity contribution in [3.63, 3.8) is 0 Å². The van der Waals surface area contributed by atoms with Gasteiger partial charge in [0.25, 0.3) is 10.0 Å². The Morgan fingerprint density at radius 3 is 2.67 bits per heavy atom. The van der Waals surface area contributed by atoms with Crippen LogP contribution in [0.2, 0.25) is 0 Å². The molecule has 0 radical (unpaired) electrons. The van der Waals surface area contributed by atoms with Gasteiger partial charge in [-0.15, -0.1) is 11.3 Å². The van der Waals surface area contributed by atoms with Crippen molar-refractivity contribution < 1.29 is 8.42 Å². The highest BCUT2D eigenvalue weighted by atomic mass is 32.2. The predicted molar refractivity (Wildman–Crippen MR) is 88.3 cm³/mol. The van der Waals surface area contributed by atoms with Gasteiger partial charge in [0, 0.05) is 18.0 Å². The lowest BCUT2D eigenvalue weighted by atomic mass is 9.80. The Morgan fingerprint density at radius 2 is 2.10 bits per heavy atom. The van der Waals surface area contributed by atoms with E-state index in [0.717, 1.165) is 24.3 Å². The first-order valence-electron chi connectivity index (χ1n) is 7.48. The quantitative estimate of drug-likeness (QED) is 0.903. The molecule has 1 aliphatic rings. The largest absolute Gasteiger partial charge is 0.319 e. The summed E-state index contributed by atoms with van der Waals surface area (Å²) in [6.07, 6.45) is 1.84. The minimum Gasteiger partial charge on any atom is -0.319 e. The summed E-state index contributed by atoms with van der Waals surface area (Å²) in [5, 5.41) is 3.09. The maximum Gasteiger partial charge on any atom is 0.252 e.